The van der Waals surface area contributed by atoms with Crippen molar-refractivity contribution in [1.29, 1.82) is 0 Å². The molecule has 134 valence electrons. The minimum absolute atomic E-state index is 0.0960. The van der Waals surface area contributed by atoms with Gasteiger partial charge in [0.15, 0.2) is 0 Å². The number of aromatic nitrogens is 2. The Morgan fingerprint density at radius 2 is 2.07 bits per heavy atom. The van der Waals surface area contributed by atoms with E-state index in [9.17, 15) is 0 Å². The van der Waals surface area contributed by atoms with Gasteiger partial charge in [-0.3, -0.25) is 0 Å². The summed E-state index contributed by atoms with van der Waals surface area (Å²) >= 11 is 0. The number of rotatable bonds is 2. The molecule has 1 aliphatic heterocycles. The van der Waals surface area contributed by atoms with Crippen LogP contribution < -0.4 is 0 Å². The summed E-state index contributed by atoms with van der Waals surface area (Å²) in [5.74, 6) is -0.109. The lowest BCUT2D eigenvalue weighted by Crippen LogP contribution is -2.31. The Balaban J connectivity index is 1.64. The number of furan rings is 1. The van der Waals surface area contributed by atoms with E-state index in [1.54, 1.807) is 24.6 Å². The van der Waals surface area contributed by atoms with Crippen molar-refractivity contribution in [2.45, 2.75) is 12.5 Å². The van der Waals surface area contributed by atoms with E-state index in [1.807, 2.05) is 25.2 Å². The van der Waals surface area contributed by atoms with E-state index in [-0.39, 0.29) is 11.7 Å². The summed E-state index contributed by atoms with van der Waals surface area (Å²) < 4.78 is 21.0. The first-order valence-electron chi connectivity index (χ1n) is 8.96. The van der Waals surface area contributed by atoms with Crippen LogP contribution in [0.5, 0.6) is 0 Å². The summed E-state index contributed by atoms with van der Waals surface area (Å²) in [4.78, 5) is 2.16. The van der Waals surface area contributed by atoms with Gasteiger partial charge in [-0.2, -0.15) is 10.2 Å². The molecule has 0 N–H and O–H groups in total. The largest absolute Gasteiger partial charge is 0.464 e. The van der Waals surface area contributed by atoms with Gasteiger partial charge in [-0.05, 0) is 48.5 Å². The number of hydrogen-bond donors (Lipinski definition) is 0. The third kappa shape index (κ3) is 2.71. The van der Waals surface area contributed by atoms with Crippen LogP contribution in [0.3, 0.4) is 0 Å². The molecule has 2 aromatic heterocycles. The first-order valence-corrected chi connectivity index (χ1v) is 8.96. The van der Waals surface area contributed by atoms with Crippen molar-refractivity contribution in [2.75, 3.05) is 13.6 Å². The van der Waals surface area contributed by atoms with E-state index in [0.29, 0.717) is 17.8 Å². The van der Waals surface area contributed by atoms with Crippen molar-refractivity contribution in [1.82, 2.24) is 15.1 Å². The molecule has 4 nitrogen and oxygen atoms in total. The molecule has 5 heteroatoms. The third-order valence-corrected chi connectivity index (χ3v) is 5.31. The maximum absolute atomic E-state index is 15.4. The monoisotopic (exact) mass is 359 g/mol. The lowest BCUT2D eigenvalue weighted by atomic mass is 9.83. The zero-order valence-corrected chi connectivity index (χ0v) is 14.9. The highest BCUT2D eigenvalue weighted by Gasteiger charge is 2.29. The Hall–Kier alpha value is -3.05. The molecule has 0 radical (unpaired) electrons. The fraction of sp³-hybridized carbons (Fsp3) is 0.182. The van der Waals surface area contributed by atoms with E-state index < -0.39 is 0 Å². The van der Waals surface area contributed by atoms with Crippen molar-refractivity contribution in [3.8, 4) is 11.3 Å². The van der Waals surface area contributed by atoms with Crippen molar-refractivity contribution < 1.29 is 8.81 Å². The Labute approximate surface area is 156 Å². The number of benzene rings is 2. The van der Waals surface area contributed by atoms with E-state index in [4.69, 9.17) is 4.42 Å². The molecular formula is C22H18FN3O. The highest BCUT2D eigenvalue weighted by molar-refractivity contribution is 5.78. The van der Waals surface area contributed by atoms with Gasteiger partial charge in [0.1, 0.15) is 11.4 Å². The molecular weight excluding hydrogens is 341 g/mol. The van der Waals surface area contributed by atoms with Gasteiger partial charge in [0.05, 0.1) is 12.0 Å². The maximum atomic E-state index is 15.4. The normalized spacial score (nSPS) is 17.2. The zero-order chi connectivity index (χ0) is 18.4. The van der Waals surface area contributed by atoms with Crippen LogP contribution in [0.1, 0.15) is 22.6 Å². The Bertz CT molecular complexity index is 1120. The smallest absolute Gasteiger partial charge is 0.137 e. The summed E-state index contributed by atoms with van der Waals surface area (Å²) in [6.07, 6.45) is 3.29. The highest BCUT2D eigenvalue weighted by atomic mass is 19.1. The fourth-order valence-electron chi connectivity index (χ4n) is 3.98. The molecule has 0 saturated carbocycles. The lowest BCUT2D eigenvalue weighted by Gasteiger charge is -2.33. The minimum atomic E-state index is -0.205. The average Bonchev–Trinajstić information content (AvgIpc) is 3.17. The molecule has 1 aliphatic rings. The van der Waals surface area contributed by atoms with Crippen LogP contribution in [0, 0.1) is 5.82 Å². The number of hydrogen-bond acceptors (Lipinski definition) is 4. The van der Waals surface area contributed by atoms with Crippen LogP contribution in [-0.2, 0) is 6.54 Å². The molecule has 0 saturated heterocycles. The van der Waals surface area contributed by atoms with Gasteiger partial charge in [-0.25, -0.2) is 4.39 Å². The molecule has 0 amide bonds. The fourth-order valence-corrected chi connectivity index (χ4v) is 3.98. The zero-order valence-electron chi connectivity index (χ0n) is 14.9. The lowest BCUT2D eigenvalue weighted by molar-refractivity contribution is 0.289. The Morgan fingerprint density at radius 1 is 1.15 bits per heavy atom. The molecule has 1 atom stereocenters. The molecule has 1 unspecified atom stereocenters. The van der Waals surface area contributed by atoms with Crippen LogP contribution in [-0.4, -0.2) is 28.7 Å². The molecule has 0 spiro atoms. The van der Waals surface area contributed by atoms with E-state index >= 15 is 4.39 Å². The van der Waals surface area contributed by atoms with Crippen molar-refractivity contribution in [2.24, 2.45) is 0 Å². The van der Waals surface area contributed by atoms with Gasteiger partial charge in [-0.15, -0.1) is 0 Å². The van der Waals surface area contributed by atoms with E-state index in [2.05, 4.69) is 33.3 Å². The second kappa shape index (κ2) is 6.28. The van der Waals surface area contributed by atoms with E-state index in [1.165, 1.54) is 0 Å². The van der Waals surface area contributed by atoms with Crippen LogP contribution in [0.4, 0.5) is 4.39 Å². The molecule has 0 bridgehead atoms. The molecule has 0 fully saturated rings. The minimum Gasteiger partial charge on any atom is -0.464 e. The molecule has 5 rings (SSSR count). The van der Waals surface area contributed by atoms with Crippen molar-refractivity contribution >= 4 is 11.0 Å². The average molecular weight is 359 g/mol. The number of halogens is 1. The van der Waals surface area contributed by atoms with E-state index in [0.717, 1.165) is 34.2 Å². The maximum Gasteiger partial charge on any atom is 0.137 e. The molecule has 27 heavy (non-hydrogen) atoms. The Kier molecular flexibility index (Phi) is 3.76. The second-order valence-electron chi connectivity index (χ2n) is 7.07. The second-order valence-corrected chi connectivity index (χ2v) is 7.07. The Morgan fingerprint density at radius 3 is 2.93 bits per heavy atom. The molecule has 4 aromatic rings. The predicted molar refractivity (Wildman–Crippen MR) is 102 cm³/mol. The quantitative estimate of drug-likeness (QED) is 0.524. The number of nitrogens with zero attached hydrogens (tertiary/aromatic N) is 3. The van der Waals surface area contributed by atoms with Crippen molar-refractivity contribution in [3.63, 3.8) is 0 Å². The van der Waals surface area contributed by atoms with Crippen LogP contribution in [0.25, 0.3) is 22.2 Å². The van der Waals surface area contributed by atoms with Gasteiger partial charge in [-0.1, -0.05) is 18.2 Å². The predicted octanol–water partition coefficient (Wildman–Crippen LogP) is 4.61. The summed E-state index contributed by atoms with van der Waals surface area (Å²) in [6.45, 7) is 1.41. The van der Waals surface area contributed by atoms with Crippen molar-refractivity contribution in [3.05, 3.63) is 83.5 Å². The molecule has 2 aromatic carbocycles. The summed E-state index contributed by atoms with van der Waals surface area (Å²) in [7, 11) is 2.02. The number of likely N-dealkylation sites (N-methyl/N-ethyl adjacent to an activating group) is 1. The van der Waals surface area contributed by atoms with Gasteiger partial charge < -0.3 is 9.32 Å². The van der Waals surface area contributed by atoms with Gasteiger partial charge >= 0.3 is 0 Å². The first kappa shape index (κ1) is 16.1. The summed E-state index contributed by atoms with van der Waals surface area (Å²) in [5.41, 5.74) is 4.81. The highest BCUT2D eigenvalue weighted by Crippen LogP contribution is 2.38. The summed E-state index contributed by atoms with van der Waals surface area (Å²) in [6, 6.07) is 15.6. The van der Waals surface area contributed by atoms with Crippen LogP contribution in [0.2, 0.25) is 0 Å². The van der Waals surface area contributed by atoms with Gasteiger partial charge in [0, 0.05) is 41.7 Å². The van der Waals surface area contributed by atoms with Gasteiger partial charge in [0.2, 0.25) is 0 Å². The molecule has 0 aliphatic carbocycles. The van der Waals surface area contributed by atoms with Crippen LogP contribution >= 0.6 is 0 Å². The molecule has 3 heterocycles. The summed E-state index contributed by atoms with van der Waals surface area (Å²) in [5, 5.41) is 9.02. The SMILES string of the molecule is CN1Cc2c(ccc(-c3cccnn3)c2F)C(c2ccc3ccoc3c2)C1. The van der Waals surface area contributed by atoms with Gasteiger partial charge in [0.25, 0.3) is 0 Å². The topological polar surface area (TPSA) is 42.2 Å². The standard InChI is InChI=1S/C22H18FN3O/c1-26-12-18(15-5-4-14-8-10-27-21(14)11-15)16-6-7-17(22(23)19(16)13-26)20-3-2-9-24-25-20/h2-11,18H,12-13H2,1H3. The third-order valence-electron chi connectivity index (χ3n) is 5.31. The van der Waals surface area contributed by atoms with Crippen LogP contribution in [0.15, 0.2) is 65.4 Å². The first-order chi connectivity index (χ1) is 13.2. The number of fused-ring (bicyclic) bond motifs is 2.